The number of carbonyl (C=O) groups is 1. The first kappa shape index (κ1) is 16.6. The summed E-state index contributed by atoms with van der Waals surface area (Å²) in [5.41, 5.74) is 3.68. The van der Waals surface area contributed by atoms with Gasteiger partial charge in [0.25, 0.3) is 0 Å². The summed E-state index contributed by atoms with van der Waals surface area (Å²) in [6.45, 7) is 1.74. The summed E-state index contributed by atoms with van der Waals surface area (Å²) in [7, 11) is 0. The van der Waals surface area contributed by atoms with Crippen LogP contribution in [0.5, 0.6) is 0 Å². The number of hydrogen-bond donors (Lipinski definition) is 1. The maximum absolute atomic E-state index is 12.7. The molecule has 1 aliphatic rings. The Kier molecular flexibility index (Phi) is 4.84. The molecule has 2 heterocycles. The molecule has 0 saturated heterocycles. The van der Waals surface area contributed by atoms with Gasteiger partial charge in [-0.2, -0.15) is 0 Å². The monoisotopic (exact) mass is 346 g/mol. The summed E-state index contributed by atoms with van der Waals surface area (Å²) in [5, 5.41) is 3.37. The molecule has 4 rings (SSSR count). The zero-order chi connectivity index (χ0) is 17.8. The van der Waals surface area contributed by atoms with Crippen LogP contribution >= 0.6 is 0 Å². The Balaban J connectivity index is 1.44. The summed E-state index contributed by atoms with van der Waals surface area (Å²) < 4.78 is 5.59. The smallest absolute Gasteiger partial charge is 0.236 e. The third-order valence-corrected chi connectivity index (χ3v) is 4.90. The lowest BCUT2D eigenvalue weighted by Crippen LogP contribution is -2.42. The average molecular weight is 346 g/mol. The second kappa shape index (κ2) is 7.58. The van der Waals surface area contributed by atoms with E-state index in [1.54, 1.807) is 6.26 Å². The van der Waals surface area contributed by atoms with Crippen LogP contribution in [0.1, 0.15) is 28.5 Å². The van der Waals surface area contributed by atoms with Crippen LogP contribution in [0, 0.1) is 0 Å². The molecule has 2 aromatic carbocycles. The first-order valence-electron chi connectivity index (χ1n) is 8.97. The summed E-state index contributed by atoms with van der Waals surface area (Å²) in [4.78, 5) is 14.7. The van der Waals surface area contributed by atoms with E-state index in [-0.39, 0.29) is 18.5 Å². The van der Waals surface area contributed by atoms with Gasteiger partial charge < -0.3 is 9.32 Å². The lowest BCUT2D eigenvalue weighted by Gasteiger charge is -2.29. The van der Waals surface area contributed by atoms with Crippen molar-refractivity contribution in [3.05, 3.63) is 95.4 Å². The van der Waals surface area contributed by atoms with Gasteiger partial charge in [0.05, 0.1) is 18.8 Å². The van der Waals surface area contributed by atoms with Crippen molar-refractivity contribution in [2.75, 3.05) is 13.1 Å². The van der Waals surface area contributed by atoms with Crippen molar-refractivity contribution in [1.29, 1.82) is 0 Å². The van der Waals surface area contributed by atoms with Crippen molar-refractivity contribution in [1.82, 2.24) is 10.2 Å². The molecule has 132 valence electrons. The summed E-state index contributed by atoms with van der Waals surface area (Å²) in [6.07, 6.45) is 2.58. The number of rotatable bonds is 5. The third-order valence-electron chi connectivity index (χ3n) is 4.90. The molecule has 0 unspecified atom stereocenters. The van der Waals surface area contributed by atoms with Gasteiger partial charge in [0.1, 0.15) is 5.76 Å². The molecule has 0 radical (unpaired) electrons. The lowest BCUT2D eigenvalue weighted by molar-refractivity contribution is -0.131. The predicted molar refractivity (Wildman–Crippen MR) is 101 cm³/mol. The molecule has 3 aromatic rings. The molecule has 1 aromatic heterocycles. The second-order valence-electron chi connectivity index (χ2n) is 6.57. The summed E-state index contributed by atoms with van der Waals surface area (Å²) >= 11 is 0. The van der Waals surface area contributed by atoms with Crippen molar-refractivity contribution < 1.29 is 9.21 Å². The number of furan rings is 1. The molecule has 4 heteroatoms. The Hall–Kier alpha value is -2.85. The van der Waals surface area contributed by atoms with Gasteiger partial charge >= 0.3 is 0 Å². The van der Waals surface area contributed by atoms with Gasteiger partial charge in [0.2, 0.25) is 5.91 Å². The predicted octanol–water partition coefficient (Wildman–Crippen LogP) is 3.54. The van der Waals surface area contributed by atoms with Gasteiger partial charge in [-0.05, 0) is 35.2 Å². The van der Waals surface area contributed by atoms with E-state index >= 15 is 0 Å². The van der Waals surface area contributed by atoms with Crippen molar-refractivity contribution in [3.8, 4) is 0 Å². The third kappa shape index (κ3) is 3.55. The van der Waals surface area contributed by atoms with Crippen LogP contribution in [-0.4, -0.2) is 23.9 Å². The number of fused-ring (bicyclic) bond motifs is 1. The van der Waals surface area contributed by atoms with Crippen LogP contribution < -0.4 is 5.32 Å². The minimum atomic E-state index is -0.132. The highest BCUT2D eigenvalue weighted by Crippen LogP contribution is 2.23. The molecule has 1 N–H and O–H groups in total. The van der Waals surface area contributed by atoms with Crippen LogP contribution in [0.15, 0.2) is 77.4 Å². The molecule has 0 bridgehead atoms. The first-order valence-corrected chi connectivity index (χ1v) is 8.97. The zero-order valence-corrected chi connectivity index (χ0v) is 14.6. The molecule has 0 spiro atoms. The average Bonchev–Trinajstić information content (AvgIpc) is 3.23. The molecular weight excluding hydrogens is 324 g/mol. The fraction of sp³-hybridized carbons (Fsp3) is 0.227. The SMILES string of the molecule is O=C(CN[C@@H](c1ccccc1)c1ccco1)N1CCc2ccccc2C1. The van der Waals surface area contributed by atoms with Crippen molar-refractivity contribution in [2.45, 2.75) is 19.0 Å². The number of nitrogens with zero attached hydrogens (tertiary/aromatic N) is 1. The Morgan fingerprint density at radius 1 is 1.00 bits per heavy atom. The maximum Gasteiger partial charge on any atom is 0.236 e. The standard InChI is InChI=1S/C22H22N2O2/c25-21(24-13-12-17-7-4-5-10-19(17)16-24)15-23-22(20-11-6-14-26-20)18-8-2-1-3-9-18/h1-11,14,22-23H,12-13,15-16H2/t22-/m0/s1. The summed E-state index contributed by atoms with van der Waals surface area (Å²) in [5.74, 6) is 0.931. The van der Waals surface area contributed by atoms with Crippen LogP contribution in [0.2, 0.25) is 0 Å². The van der Waals surface area contributed by atoms with E-state index in [4.69, 9.17) is 4.42 Å². The normalized spacial score (nSPS) is 14.7. The highest BCUT2D eigenvalue weighted by atomic mass is 16.3. The zero-order valence-electron chi connectivity index (χ0n) is 14.6. The molecule has 1 aliphatic heterocycles. The van der Waals surface area contributed by atoms with Crippen LogP contribution in [-0.2, 0) is 17.8 Å². The van der Waals surface area contributed by atoms with Gasteiger partial charge in [-0.25, -0.2) is 0 Å². The van der Waals surface area contributed by atoms with Gasteiger partial charge in [-0.3, -0.25) is 10.1 Å². The number of nitrogens with one attached hydrogen (secondary N) is 1. The van der Waals surface area contributed by atoms with Crippen LogP contribution in [0.25, 0.3) is 0 Å². The van der Waals surface area contributed by atoms with E-state index in [1.165, 1.54) is 11.1 Å². The second-order valence-corrected chi connectivity index (χ2v) is 6.57. The van der Waals surface area contributed by atoms with E-state index in [1.807, 2.05) is 53.4 Å². The number of benzene rings is 2. The minimum Gasteiger partial charge on any atom is -0.467 e. The highest BCUT2D eigenvalue weighted by molar-refractivity contribution is 5.78. The van der Waals surface area contributed by atoms with Gasteiger partial charge in [-0.1, -0.05) is 54.6 Å². The van der Waals surface area contributed by atoms with E-state index in [0.29, 0.717) is 6.54 Å². The van der Waals surface area contributed by atoms with E-state index in [9.17, 15) is 4.79 Å². The molecule has 0 aliphatic carbocycles. The van der Waals surface area contributed by atoms with Crippen molar-refractivity contribution >= 4 is 5.91 Å². The quantitative estimate of drug-likeness (QED) is 0.768. The maximum atomic E-state index is 12.7. The minimum absolute atomic E-state index is 0.118. The van der Waals surface area contributed by atoms with Crippen LogP contribution in [0.3, 0.4) is 0 Å². The number of hydrogen-bond acceptors (Lipinski definition) is 3. The Morgan fingerprint density at radius 2 is 1.77 bits per heavy atom. The fourth-order valence-electron chi connectivity index (χ4n) is 3.49. The fourth-order valence-corrected chi connectivity index (χ4v) is 3.49. The Labute approximate surface area is 153 Å². The molecule has 0 saturated carbocycles. The topological polar surface area (TPSA) is 45.5 Å². The Bertz CT molecular complexity index is 859. The summed E-state index contributed by atoms with van der Waals surface area (Å²) in [6, 6.07) is 22.1. The van der Waals surface area contributed by atoms with Gasteiger partial charge in [0.15, 0.2) is 0 Å². The molecule has 1 atom stereocenters. The molecular formula is C22H22N2O2. The van der Waals surface area contributed by atoms with Crippen LogP contribution in [0.4, 0.5) is 0 Å². The van der Waals surface area contributed by atoms with Gasteiger partial charge in [-0.15, -0.1) is 0 Å². The Morgan fingerprint density at radius 3 is 2.54 bits per heavy atom. The highest BCUT2D eigenvalue weighted by Gasteiger charge is 2.22. The van der Waals surface area contributed by atoms with Gasteiger partial charge in [0, 0.05) is 13.1 Å². The van der Waals surface area contributed by atoms with Crippen molar-refractivity contribution in [2.24, 2.45) is 0 Å². The molecule has 1 amide bonds. The molecule has 0 fully saturated rings. The van der Waals surface area contributed by atoms with Crippen molar-refractivity contribution in [3.63, 3.8) is 0 Å². The lowest BCUT2D eigenvalue weighted by atomic mass is 10.00. The van der Waals surface area contributed by atoms with E-state index < -0.39 is 0 Å². The molecule has 26 heavy (non-hydrogen) atoms. The number of amides is 1. The van der Waals surface area contributed by atoms with E-state index in [0.717, 1.165) is 24.3 Å². The largest absolute Gasteiger partial charge is 0.467 e. The molecule has 4 nitrogen and oxygen atoms in total. The number of carbonyl (C=O) groups excluding carboxylic acids is 1. The van der Waals surface area contributed by atoms with E-state index in [2.05, 4.69) is 23.5 Å². The first-order chi connectivity index (χ1) is 12.8.